The number of amides is 1. The third-order valence-corrected chi connectivity index (χ3v) is 5.30. The number of pyridine rings is 1. The third-order valence-electron chi connectivity index (χ3n) is 5.30. The molecule has 2 aliphatic carbocycles. The van der Waals surface area contributed by atoms with Crippen LogP contribution in [0.4, 0.5) is 5.82 Å². The Morgan fingerprint density at radius 1 is 1.40 bits per heavy atom. The van der Waals surface area contributed by atoms with Crippen LogP contribution in [0.15, 0.2) is 29.7 Å². The number of nitrogens with two attached hydrogens (primary N) is 2. The second-order valence-corrected chi connectivity index (χ2v) is 7.11. The Labute approximate surface area is 145 Å². The Morgan fingerprint density at radius 3 is 2.76 bits per heavy atom. The highest BCUT2D eigenvalue weighted by atomic mass is 16.3. The third kappa shape index (κ3) is 2.32. The molecule has 0 unspecified atom stereocenters. The summed E-state index contributed by atoms with van der Waals surface area (Å²) in [4.78, 5) is 16.7. The van der Waals surface area contributed by atoms with Crippen LogP contribution >= 0.6 is 0 Å². The molecule has 0 saturated heterocycles. The molecule has 1 fully saturated rings. The van der Waals surface area contributed by atoms with E-state index in [-0.39, 0.29) is 11.7 Å². The van der Waals surface area contributed by atoms with Crippen LogP contribution in [0.1, 0.15) is 54.9 Å². The summed E-state index contributed by atoms with van der Waals surface area (Å²) in [6, 6.07) is 1.99. The maximum Gasteiger partial charge on any atom is 0.253 e. The Hall–Kier alpha value is -2.76. The van der Waals surface area contributed by atoms with E-state index in [2.05, 4.69) is 11.9 Å². The normalized spacial score (nSPS) is 20.9. The number of carbonyl (C=O) groups excluding carboxylic acids is 1. The monoisotopic (exact) mass is 338 g/mol. The van der Waals surface area contributed by atoms with Gasteiger partial charge in [0.2, 0.25) is 0 Å². The number of rotatable bonds is 3. The van der Waals surface area contributed by atoms with Gasteiger partial charge in [0, 0.05) is 28.8 Å². The summed E-state index contributed by atoms with van der Waals surface area (Å²) in [5.74, 6) is 0.629. The number of primary amides is 1. The van der Waals surface area contributed by atoms with Gasteiger partial charge >= 0.3 is 0 Å². The van der Waals surface area contributed by atoms with Gasteiger partial charge in [-0.25, -0.2) is 4.98 Å². The second-order valence-electron chi connectivity index (χ2n) is 7.11. The number of aliphatic hydroxyl groups is 1. The van der Waals surface area contributed by atoms with Gasteiger partial charge in [-0.2, -0.15) is 0 Å². The highest BCUT2D eigenvalue weighted by Crippen LogP contribution is 2.43. The molecule has 5 N–H and O–H groups in total. The number of hydrogen-bond donors (Lipinski definition) is 3. The van der Waals surface area contributed by atoms with E-state index >= 15 is 0 Å². The van der Waals surface area contributed by atoms with Gasteiger partial charge in [-0.1, -0.05) is 6.92 Å². The van der Waals surface area contributed by atoms with Crippen LogP contribution < -0.4 is 11.5 Å². The van der Waals surface area contributed by atoms with Crippen molar-refractivity contribution in [3.05, 3.63) is 40.8 Å². The molecule has 1 amide bonds. The topological polar surface area (TPSA) is 107 Å². The summed E-state index contributed by atoms with van der Waals surface area (Å²) < 4.78 is 1.79. The highest BCUT2D eigenvalue weighted by Gasteiger charge is 2.30. The highest BCUT2D eigenvalue weighted by molar-refractivity contribution is 6.11. The molecule has 6 nitrogen and oxygen atoms in total. The van der Waals surface area contributed by atoms with Gasteiger partial charge in [0.25, 0.3) is 5.91 Å². The van der Waals surface area contributed by atoms with Crippen LogP contribution in [0.2, 0.25) is 0 Å². The van der Waals surface area contributed by atoms with Crippen molar-refractivity contribution >= 4 is 28.5 Å². The Bertz CT molecular complexity index is 963. The maximum absolute atomic E-state index is 12.1. The Balaban J connectivity index is 2.04. The molecule has 130 valence electrons. The molecule has 0 spiro atoms. The molecule has 1 atom stereocenters. The molecule has 2 aromatic heterocycles. The quantitative estimate of drug-likeness (QED) is 0.798. The van der Waals surface area contributed by atoms with E-state index in [1.54, 1.807) is 10.6 Å². The number of carbonyl (C=O) groups is 1. The van der Waals surface area contributed by atoms with E-state index in [0.29, 0.717) is 34.8 Å². The van der Waals surface area contributed by atoms with Gasteiger partial charge in [-0.05, 0) is 49.8 Å². The van der Waals surface area contributed by atoms with Gasteiger partial charge < -0.3 is 16.6 Å². The Kier molecular flexibility index (Phi) is 3.39. The van der Waals surface area contributed by atoms with Crippen LogP contribution in [-0.2, 0) is 0 Å². The maximum atomic E-state index is 12.1. The minimum absolute atomic E-state index is 0.138. The lowest BCUT2D eigenvalue weighted by atomic mass is 9.93. The summed E-state index contributed by atoms with van der Waals surface area (Å²) in [6.45, 7) is 3.92. The van der Waals surface area contributed by atoms with Crippen molar-refractivity contribution in [2.24, 2.45) is 11.7 Å². The van der Waals surface area contributed by atoms with E-state index in [1.165, 1.54) is 0 Å². The first-order chi connectivity index (χ1) is 11.9. The zero-order valence-electron chi connectivity index (χ0n) is 14.4. The molecule has 2 heterocycles. The van der Waals surface area contributed by atoms with Gasteiger partial charge in [0.1, 0.15) is 17.2 Å². The van der Waals surface area contributed by atoms with Crippen molar-refractivity contribution in [1.82, 2.24) is 9.55 Å². The van der Waals surface area contributed by atoms with E-state index in [9.17, 15) is 9.90 Å². The van der Waals surface area contributed by atoms with Gasteiger partial charge in [0.05, 0.1) is 5.56 Å². The van der Waals surface area contributed by atoms with Gasteiger partial charge in [-0.15, -0.1) is 0 Å². The van der Waals surface area contributed by atoms with Crippen molar-refractivity contribution in [2.45, 2.75) is 39.0 Å². The van der Waals surface area contributed by atoms with Crippen LogP contribution in [0, 0.1) is 5.92 Å². The Morgan fingerprint density at radius 2 is 2.12 bits per heavy atom. The fourth-order valence-electron chi connectivity index (χ4n) is 3.78. The first-order valence-electron chi connectivity index (χ1n) is 8.60. The molecule has 1 saturated carbocycles. The molecule has 6 heteroatoms. The average molecular weight is 338 g/mol. The van der Waals surface area contributed by atoms with Crippen molar-refractivity contribution in [3.8, 4) is 0 Å². The van der Waals surface area contributed by atoms with Crippen LogP contribution in [0.3, 0.4) is 0 Å². The predicted molar refractivity (Wildman–Crippen MR) is 98.0 cm³/mol. The lowest BCUT2D eigenvalue weighted by Gasteiger charge is -2.24. The molecule has 0 aliphatic heterocycles. The molecule has 2 aromatic rings. The zero-order chi connectivity index (χ0) is 17.9. The lowest BCUT2D eigenvalue weighted by Crippen LogP contribution is -2.17. The minimum Gasteiger partial charge on any atom is -0.508 e. The van der Waals surface area contributed by atoms with E-state index in [4.69, 9.17) is 11.5 Å². The number of aromatic nitrogens is 2. The van der Waals surface area contributed by atoms with Crippen molar-refractivity contribution in [2.75, 3.05) is 5.73 Å². The second kappa shape index (κ2) is 5.37. The van der Waals surface area contributed by atoms with Gasteiger partial charge in [0.15, 0.2) is 0 Å². The van der Waals surface area contributed by atoms with Crippen LogP contribution in [-0.4, -0.2) is 20.6 Å². The van der Waals surface area contributed by atoms with Crippen LogP contribution in [0.25, 0.3) is 16.7 Å². The molecule has 0 aromatic carbocycles. The standard InChI is InChI=1S/C19H22N4O2/c1-9-3-6-14(24)10(2)16(9)23-17(20)15(18(21)25)13-7-12(11-4-5-11)8-22-19(13)23/h6-9,11,24H,3-5,20H2,1-2H3,(H2,21,25)/t9-/m1/s1. The van der Waals surface area contributed by atoms with E-state index in [0.717, 1.165) is 29.7 Å². The number of hydrogen-bond acceptors (Lipinski definition) is 4. The number of anilines is 1. The molecule has 25 heavy (non-hydrogen) atoms. The summed E-state index contributed by atoms with van der Waals surface area (Å²) in [7, 11) is 0. The molecular weight excluding hydrogens is 316 g/mol. The first-order valence-corrected chi connectivity index (χ1v) is 8.60. The first kappa shape index (κ1) is 15.7. The van der Waals surface area contributed by atoms with Gasteiger partial charge in [-0.3, -0.25) is 9.36 Å². The SMILES string of the molecule is CC1=C(n2c(N)c(C(N)=O)c3cc(C4CC4)cnc32)[C@H](C)CC=C1O. The zero-order valence-corrected chi connectivity index (χ0v) is 14.4. The fraction of sp³-hybridized carbons (Fsp3) is 0.368. The number of fused-ring (bicyclic) bond motifs is 1. The number of nitrogens with zero attached hydrogens (tertiary/aromatic N) is 2. The van der Waals surface area contributed by atoms with Crippen molar-refractivity contribution in [3.63, 3.8) is 0 Å². The van der Waals surface area contributed by atoms with Crippen LogP contribution in [0.5, 0.6) is 0 Å². The van der Waals surface area contributed by atoms with Crippen molar-refractivity contribution in [1.29, 1.82) is 0 Å². The minimum atomic E-state index is -0.558. The lowest BCUT2D eigenvalue weighted by molar-refractivity contribution is 0.100. The number of allylic oxidation sites excluding steroid dienone is 3. The largest absolute Gasteiger partial charge is 0.508 e. The average Bonchev–Trinajstić information content (AvgIpc) is 3.36. The number of nitrogen functional groups attached to an aromatic ring is 1. The summed E-state index contributed by atoms with van der Waals surface area (Å²) >= 11 is 0. The van der Waals surface area contributed by atoms with E-state index < -0.39 is 5.91 Å². The summed E-state index contributed by atoms with van der Waals surface area (Å²) in [6.07, 6.45) is 6.66. The molecular formula is C19H22N4O2. The summed E-state index contributed by atoms with van der Waals surface area (Å²) in [5, 5.41) is 10.9. The smallest absolute Gasteiger partial charge is 0.253 e. The fourth-order valence-corrected chi connectivity index (χ4v) is 3.78. The molecule has 0 bridgehead atoms. The molecule has 0 radical (unpaired) electrons. The summed E-state index contributed by atoms with van der Waals surface area (Å²) in [5.41, 5.74) is 15.6. The molecule has 4 rings (SSSR count). The van der Waals surface area contributed by atoms with E-state index in [1.807, 2.05) is 19.2 Å². The number of aliphatic hydroxyl groups excluding tert-OH is 1. The molecule has 2 aliphatic rings. The predicted octanol–water partition coefficient (Wildman–Crippen LogP) is 3.31. The van der Waals surface area contributed by atoms with Crippen molar-refractivity contribution < 1.29 is 9.90 Å².